The van der Waals surface area contributed by atoms with Crippen LogP contribution >= 0.6 is 11.8 Å². The van der Waals surface area contributed by atoms with Crippen LogP contribution in [0, 0.1) is 11.5 Å². The summed E-state index contributed by atoms with van der Waals surface area (Å²) >= 11 is 1.54. The number of aliphatic imine (C=N–C) groups is 1. The van der Waals surface area contributed by atoms with E-state index in [4.69, 9.17) is 14.7 Å². The molecule has 7 heteroatoms. The number of hydrogen-bond donors (Lipinski definition) is 0. The summed E-state index contributed by atoms with van der Waals surface area (Å²) in [5.74, 6) is 1.19. The molecule has 2 aliphatic heterocycles. The SMILES string of the molecule is CCOC(=O)c1ccc2c(c1)C(N1CCS/C1=N/C#N)=CC(C)(C)O2. The Balaban J connectivity index is 2.08. The molecule has 0 unspecified atom stereocenters. The van der Waals surface area contributed by atoms with Gasteiger partial charge in [0.1, 0.15) is 11.4 Å². The number of benzene rings is 1. The van der Waals surface area contributed by atoms with Gasteiger partial charge in [0, 0.05) is 17.9 Å². The molecule has 1 fully saturated rings. The minimum absolute atomic E-state index is 0.323. The molecule has 2 heterocycles. The second-order valence-corrected chi connectivity index (χ2v) is 7.22. The Kier molecular flexibility index (Phi) is 4.73. The van der Waals surface area contributed by atoms with Gasteiger partial charge in [0.2, 0.25) is 6.19 Å². The zero-order valence-corrected chi connectivity index (χ0v) is 15.2. The Labute approximate surface area is 151 Å². The number of esters is 1. The van der Waals surface area contributed by atoms with Crippen molar-refractivity contribution >= 4 is 28.6 Å². The molecule has 130 valence electrons. The smallest absolute Gasteiger partial charge is 0.338 e. The average Bonchev–Trinajstić information content (AvgIpc) is 3.01. The number of nitrogens with zero attached hydrogens (tertiary/aromatic N) is 3. The monoisotopic (exact) mass is 357 g/mol. The third kappa shape index (κ3) is 3.49. The third-order valence-corrected chi connectivity index (χ3v) is 4.79. The quantitative estimate of drug-likeness (QED) is 0.610. The van der Waals surface area contributed by atoms with Gasteiger partial charge < -0.3 is 14.4 Å². The van der Waals surface area contributed by atoms with Gasteiger partial charge in [-0.3, -0.25) is 0 Å². The summed E-state index contributed by atoms with van der Waals surface area (Å²) in [6.07, 6.45) is 3.87. The van der Waals surface area contributed by atoms with Gasteiger partial charge in [-0.15, -0.1) is 4.99 Å². The van der Waals surface area contributed by atoms with E-state index < -0.39 is 5.60 Å². The number of thioether (sulfide) groups is 1. The Morgan fingerprint density at radius 2 is 2.32 bits per heavy atom. The summed E-state index contributed by atoms with van der Waals surface area (Å²) in [6.45, 7) is 6.79. The predicted octanol–water partition coefficient (Wildman–Crippen LogP) is 3.26. The number of amidine groups is 1. The van der Waals surface area contributed by atoms with E-state index in [0.717, 1.165) is 23.6 Å². The van der Waals surface area contributed by atoms with E-state index in [1.807, 2.05) is 31.0 Å². The van der Waals surface area contributed by atoms with E-state index in [2.05, 4.69) is 4.99 Å². The van der Waals surface area contributed by atoms with Crippen molar-refractivity contribution in [2.24, 2.45) is 4.99 Å². The van der Waals surface area contributed by atoms with E-state index in [9.17, 15) is 4.79 Å². The number of rotatable bonds is 3. The lowest BCUT2D eigenvalue weighted by molar-refractivity contribution is 0.0526. The van der Waals surface area contributed by atoms with Crippen molar-refractivity contribution < 1.29 is 14.3 Å². The number of fused-ring (bicyclic) bond motifs is 1. The Morgan fingerprint density at radius 3 is 3.04 bits per heavy atom. The molecular weight excluding hydrogens is 338 g/mol. The molecule has 0 amide bonds. The van der Waals surface area contributed by atoms with Crippen LogP contribution in [-0.2, 0) is 4.74 Å². The molecule has 2 aliphatic rings. The first-order chi connectivity index (χ1) is 11.9. The predicted molar refractivity (Wildman–Crippen MR) is 97.3 cm³/mol. The first-order valence-corrected chi connectivity index (χ1v) is 9.04. The zero-order chi connectivity index (χ0) is 18.0. The number of hydrogen-bond acceptors (Lipinski definition) is 6. The van der Waals surface area contributed by atoms with E-state index in [-0.39, 0.29) is 5.97 Å². The second-order valence-electron chi connectivity index (χ2n) is 6.16. The largest absolute Gasteiger partial charge is 0.483 e. The second kappa shape index (κ2) is 6.81. The van der Waals surface area contributed by atoms with E-state index >= 15 is 0 Å². The van der Waals surface area contributed by atoms with Crippen molar-refractivity contribution in [2.45, 2.75) is 26.4 Å². The zero-order valence-electron chi connectivity index (χ0n) is 14.4. The normalized spacial score (nSPS) is 19.7. The average molecular weight is 357 g/mol. The van der Waals surface area contributed by atoms with Crippen molar-refractivity contribution in [1.29, 1.82) is 5.26 Å². The van der Waals surface area contributed by atoms with Gasteiger partial charge in [-0.1, -0.05) is 11.8 Å². The molecule has 0 N–H and O–H groups in total. The highest BCUT2D eigenvalue weighted by Crippen LogP contribution is 2.40. The molecule has 0 aliphatic carbocycles. The summed E-state index contributed by atoms with van der Waals surface area (Å²) < 4.78 is 11.1. The Morgan fingerprint density at radius 1 is 1.52 bits per heavy atom. The first-order valence-electron chi connectivity index (χ1n) is 8.05. The summed E-state index contributed by atoms with van der Waals surface area (Å²) in [7, 11) is 0. The lowest BCUT2D eigenvalue weighted by Gasteiger charge is -2.34. The van der Waals surface area contributed by atoms with Gasteiger partial charge in [0.25, 0.3) is 0 Å². The highest BCUT2D eigenvalue weighted by Gasteiger charge is 2.33. The van der Waals surface area contributed by atoms with Crippen LogP contribution in [0.4, 0.5) is 0 Å². The minimum atomic E-state index is -0.501. The molecule has 6 nitrogen and oxygen atoms in total. The number of nitriles is 1. The van der Waals surface area contributed by atoms with Crippen LogP contribution in [0.2, 0.25) is 0 Å². The molecule has 0 atom stereocenters. The molecule has 0 aromatic heterocycles. The lowest BCUT2D eigenvalue weighted by atomic mass is 9.97. The van der Waals surface area contributed by atoms with Gasteiger partial charge in [-0.25, -0.2) is 4.79 Å². The number of carbonyl (C=O) groups excluding carboxylic acids is 1. The fourth-order valence-electron chi connectivity index (χ4n) is 2.86. The fourth-order valence-corrected chi connectivity index (χ4v) is 3.77. The topological polar surface area (TPSA) is 74.9 Å². The van der Waals surface area contributed by atoms with Crippen LogP contribution in [0.5, 0.6) is 5.75 Å². The highest BCUT2D eigenvalue weighted by molar-refractivity contribution is 8.14. The summed E-state index contributed by atoms with van der Waals surface area (Å²) in [5, 5.41) is 9.60. The molecule has 0 bridgehead atoms. The first kappa shape index (κ1) is 17.4. The highest BCUT2D eigenvalue weighted by atomic mass is 32.2. The van der Waals surface area contributed by atoms with Crippen molar-refractivity contribution in [3.63, 3.8) is 0 Å². The van der Waals surface area contributed by atoms with Gasteiger partial charge in [-0.2, -0.15) is 5.26 Å². The van der Waals surface area contributed by atoms with E-state index in [1.165, 1.54) is 0 Å². The van der Waals surface area contributed by atoms with Gasteiger partial charge in [0.05, 0.1) is 17.9 Å². The van der Waals surface area contributed by atoms with Gasteiger partial charge in [0.15, 0.2) is 5.17 Å². The van der Waals surface area contributed by atoms with E-state index in [1.54, 1.807) is 36.9 Å². The molecule has 1 aromatic rings. The fraction of sp³-hybridized carbons (Fsp3) is 0.389. The number of carbonyl (C=O) groups is 1. The van der Waals surface area contributed by atoms with Gasteiger partial charge in [-0.05, 0) is 45.0 Å². The van der Waals surface area contributed by atoms with Crippen molar-refractivity contribution in [3.8, 4) is 11.9 Å². The van der Waals surface area contributed by atoms with E-state index in [0.29, 0.717) is 23.1 Å². The molecule has 1 aromatic carbocycles. The summed E-state index contributed by atoms with van der Waals surface area (Å²) in [6, 6.07) is 5.28. The van der Waals surface area contributed by atoms with Crippen molar-refractivity contribution in [2.75, 3.05) is 18.9 Å². The summed E-state index contributed by atoms with van der Waals surface area (Å²) in [4.78, 5) is 18.0. The molecule has 1 saturated heterocycles. The van der Waals surface area contributed by atoms with Crippen LogP contribution < -0.4 is 4.74 Å². The van der Waals surface area contributed by atoms with Crippen LogP contribution in [-0.4, -0.2) is 40.5 Å². The molecule has 0 spiro atoms. The molecule has 0 saturated carbocycles. The molecular formula is C18H19N3O3S. The number of ether oxygens (including phenoxy) is 2. The standard InChI is InChI=1S/C18H19N3O3S/c1-4-23-16(22)12-5-6-15-13(9-12)14(10-18(2,3)24-15)21-7-8-25-17(21)20-11-19/h5-6,9-10H,4,7-8H2,1-3H3/b20-17+. The lowest BCUT2D eigenvalue weighted by Crippen LogP contribution is -2.34. The minimum Gasteiger partial charge on any atom is -0.483 e. The van der Waals surface area contributed by atoms with Gasteiger partial charge >= 0.3 is 5.97 Å². The summed E-state index contributed by atoms with van der Waals surface area (Å²) in [5.41, 5.74) is 1.67. The van der Waals surface area contributed by atoms with Crippen molar-refractivity contribution in [1.82, 2.24) is 4.90 Å². The molecule has 3 rings (SSSR count). The van der Waals surface area contributed by atoms with Crippen LogP contribution in [0.3, 0.4) is 0 Å². The maximum absolute atomic E-state index is 12.1. The molecule has 0 radical (unpaired) electrons. The van der Waals surface area contributed by atoms with Crippen molar-refractivity contribution in [3.05, 3.63) is 35.4 Å². The van der Waals surface area contributed by atoms with Crippen LogP contribution in [0.25, 0.3) is 5.70 Å². The Hall–Kier alpha value is -2.46. The van der Waals surface area contributed by atoms with Crippen LogP contribution in [0.15, 0.2) is 29.3 Å². The van der Waals surface area contributed by atoms with Crippen LogP contribution in [0.1, 0.15) is 36.7 Å². The third-order valence-electron chi connectivity index (χ3n) is 3.84. The molecule has 25 heavy (non-hydrogen) atoms. The maximum Gasteiger partial charge on any atom is 0.338 e. The Bertz CT molecular complexity index is 808. The maximum atomic E-state index is 12.1.